The molecule has 0 spiro atoms. The Bertz CT molecular complexity index is 1150. The minimum Gasteiger partial charge on any atom is -0.380 e. The highest BCUT2D eigenvalue weighted by atomic mass is 35.5. The largest absolute Gasteiger partial charge is 0.380 e. The molecule has 4 nitrogen and oxygen atoms in total. The summed E-state index contributed by atoms with van der Waals surface area (Å²) in [6, 6.07) is 28.4. The van der Waals surface area contributed by atoms with Gasteiger partial charge in [0.05, 0.1) is 6.04 Å². The van der Waals surface area contributed by atoms with Gasteiger partial charge >= 0.3 is 0 Å². The molecule has 194 valence electrons. The van der Waals surface area contributed by atoms with Crippen LogP contribution in [-0.2, 0) is 10.4 Å². The van der Waals surface area contributed by atoms with Gasteiger partial charge in [0, 0.05) is 18.0 Å². The van der Waals surface area contributed by atoms with Crippen molar-refractivity contribution in [1.82, 2.24) is 9.80 Å². The second-order valence-corrected chi connectivity index (χ2v) is 11.0. The lowest BCUT2D eigenvalue weighted by Gasteiger charge is -2.42. The number of hydrogen-bond acceptors (Lipinski definition) is 3. The van der Waals surface area contributed by atoms with Crippen molar-refractivity contribution >= 4 is 17.5 Å². The van der Waals surface area contributed by atoms with Gasteiger partial charge in [-0.05, 0) is 86.5 Å². The van der Waals surface area contributed by atoms with Gasteiger partial charge in [0.25, 0.3) is 0 Å². The molecule has 2 saturated heterocycles. The molecule has 2 heterocycles. The number of piperidine rings is 2. The molecular weight excluding hydrogens is 480 g/mol. The Hall–Kier alpha value is -2.66. The van der Waals surface area contributed by atoms with E-state index in [9.17, 15) is 9.90 Å². The molecule has 0 aliphatic carbocycles. The number of hydrogen-bond donors (Lipinski definition) is 1. The van der Waals surface area contributed by atoms with E-state index in [4.69, 9.17) is 11.6 Å². The Kier molecular flexibility index (Phi) is 8.29. The number of likely N-dealkylation sites (tertiary alicyclic amines) is 2. The summed E-state index contributed by atoms with van der Waals surface area (Å²) in [6.07, 6.45) is 5.49. The lowest BCUT2D eigenvalue weighted by molar-refractivity contribution is -0.136. The first-order valence-corrected chi connectivity index (χ1v) is 14.0. The summed E-state index contributed by atoms with van der Waals surface area (Å²) < 4.78 is 0. The topological polar surface area (TPSA) is 43.8 Å². The van der Waals surface area contributed by atoms with Gasteiger partial charge in [0.1, 0.15) is 5.60 Å². The zero-order valence-electron chi connectivity index (χ0n) is 21.4. The number of carbonyl (C=O) groups is 1. The Morgan fingerprint density at radius 1 is 0.811 bits per heavy atom. The van der Waals surface area contributed by atoms with Crippen molar-refractivity contribution in [2.24, 2.45) is 5.92 Å². The molecule has 5 rings (SSSR count). The van der Waals surface area contributed by atoms with E-state index in [1.807, 2.05) is 60.7 Å². The van der Waals surface area contributed by atoms with Gasteiger partial charge in [-0.15, -0.1) is 0 Å². The fourth-order valence-corrected chi connectivity index (χ4v) is 6.42. The standard InChI is InChI=1S/C32H37ClN2O2/c33-29-17-15-27(16-18-29)32(37,26-11-5-2-6-12-26)28-19-23-34(24-20-28)21-8-22-35-30(13-7-14-31(35)36)25-9-3-1-4-10-25/h1-6,9-12,15-18,28,30,37H,7-8,13-14,19-24H2. The van der Waals surface area contributed by atoms with Crippen LogP contribution in [0.25, 0.3) is 0 Å². The Balaban J connectivity index is 1.21. The van der Waals surface area contributed by atoms with Gasteiger partial charge in [0.2, 0.25) is 5.91 Å². The van der Waals surface area contributed by atoms with E-state index in [2.05, 4.69) is 34.1 Å². The quantitative estimate of drug-likeness (QED) is 0.375. The van der Waals surface area contributed by atoms with Gasteiger partial charge in [-0.25, -0.2) is 0 Å². The molecule has 1 amide bonds. The third kappa shape index (κ3) is 5.77. The third-order valence-electron chi connectivity index (χ3n) is 8.30. The molecule has 0 aromatic heterocycles. The van der Waals surface area contributed by atoms with Gasteiger partial charge in [-0.3, -0.25) is 4.79 Å². The molecule has 2 unspecified atom stereocenters. The molecule has 3 aromatic carbocycles. The molecule has 2 atom stereocenters. The van der Waals surface area contributed by atoms with Crippen LogP contribution in [0.4, 0.5) is 0 Å². The van der Waals surface area contributed by atoms with Crippen LogP contribution in [0.15, 0.2) is 84.9 Å². The van der Waals surface area contributed by atoms with Crippen LogP contribution in [0, 0.1) is 5.92 Å². The second-order valence-electron chi connectivity index (χ2n) is 10.5. The van der Waals surface area contributed by atoms with E-state index in [0.717, 1.165) is 69.4 Å². The molecule has 2 aliphatic rings. The molecule has 0 radical (unpaired) electrons. The van der Waals surface area contributed by atoms with Crippen molar-refractivity contribution < 1.29 is 9.90 Å². The van der Waals surface area contributed by atoms with E-state index in [-0.39, 0.29) is 17.9 Å². The predicted molar refractivity (Wildman–Crippen MR) is 149 cm³/mol. The SMILES string of the molecule is O=C1CCCC(c2ccccc2)N1CCCN1CCC(C(O)(c2ccccc2)c2ccc(Cl)cc2)CC1. The monoisotopic (exact) mass is 516 g/mol. The molecule has 2 aliphatic heterocycles. The van der Waals surface area contributed by atoms with Gasteiger partial charge in [0.15, 0.2) is 0 Å². The maximum atomic E-state index is 12.8. The molecule has 3 aromatic rings. The number of nitrogens with zero attached hydrogens (tertiary/aromatic N) is 2. The van der Waals surface area contributed by atoms with E-state index in [0.29, 0.717) is 11.4 Å². The van der Waals surface area contributed by atoms with Crippen molar-refractivity contribution in [1.29, 1.82) is 0 Å². The first-order valence-electron chi connectivity index (χ1n) is 13.7. The summed E-state index contributed by atoms with van der Waals surface area (Å²) in [5.41, 5.74) is 2.04. The summed E-state index contributed by atoms with van der Waals surface area (Å²) >= 11 is 6.16. The van der Waals surface area contributed by atoms with Gasteiger partial charge in [-0.2, -0.15) is 0 Å². The summed E-state index contributed by atoms with van der Waals surface area (Å²) in [6.45, 7) is 3.67. The zero-order chi connectivity index (χ0) is 25.7. The smallest absolute Gasteiger partial charge is 0.223 e. The molecule has 5 heteroatoms. The van der Waals surface area contributed by atoms with Crippen LogP contribution in [-0.4, -0.2) is 47.0 Å². The average molecular weight is 517 g/mol. The van der Waals surface area contributed by atoms with Crippen LogP contribution < -0.4 is 0 Å². The molecule has 1 N–H and O–H groups in total. The number of aliphatic hydroxyl groups is 1. The summed E-state index contributed by atoms with van der Waals surface area (Å²) in [4.78, 5) is 17.4. The molecule has 0 saturated carbocycles. The molecule has 2 fully saturated rings. The number of rotatable bonds is 8. The minimum absolute atomic E-state index is 0.124. The van der Waals surface area contributed by atoms with E-state index >= 15 is 0 Å². The fourth-order valence-electron chi connectivity index (χ4n) is 6.30. The summed E-state index contributed by atoms with van der Waals surface area (Å²) in [5, 5.41) is 12.8. The highest BCUT2D eigenvalue weighted by Crippen LogP contribution is 2.42. The fraction of sp³-hybridized carbons (Fsp3) is 0.406. The maximum absolute atomic E-state index is 12.8. The Labute approximate surface area is 225 Å². The average Bonchev–Trinajstić information content (AvgIpc) is 2.95. The number of benzene rings is 3. The Morgan fingerprint density at radius 2 is 1.43 bits per heavy atom. The van der Waals surface area contributed by atoms with E-state index in [1.54, 1.807) is 0 Å². The molecule has 0 bridgehead atoms. The molecule has 37 heavy (non-hydrogen) atoms. The minimum atomic E-state index is -1.04. The first-order chi connectivity index (χ1) is 18.1. The van der Waals surface area contributed by atoms with Crippen molar-refractivity contribution in [2.75, 3.05) is 26.2 Å². The normalized spacial score (nSPS) is 21.1. The third-order valence-corrected chi connectivity index (χ3v) is 8.55. The number of halogens is 1. The maximum Gasteiger partial charge on any atom is 0.223 e. The Morgan fingerprint density at radius 3 is 2.11 bits per heavy atom. The summed E-state index contributed by atoms with van der Waals surface area (Å²) in [5.74, 6) is 0.410. The van der Waals surface area contributed by atoms with Gasteiger partial charge < -0.3 is 14.9 Å². The van der Waals surface area contributed by atoms with Crippen LogP contribution in [0.3, 0.4) is 0 Å². The van der Waals surface area contributed by atoms with Crippen molar-refractivity contribution in [3.05, 3.63) is 107 Å². The zero-order valence-corrected chi connectivity index (χ0v) is 22.2. The summed E-state index contributed by atoms with van der Waals surface area (Å²) in [7, 11) is 0. The van der Waals surface area contributed by atoms with E-state index < -0.39 is 5.60 Å². The molecular formula is C32H37ClN2O2. The lowest BCUT2D eigenvalue weighted by Crippen LogP contribution is -2.45. The van der Waals surface area contributed by atoms with E-state index in [1.165, 1.54) is 5.56 Å². The van der Waals surface area contributed by atoms with Crippen molar-refractivity contribution in [2.45, 2.75) is 50.2 Å². The van der Waals surface area contributed by atoms with Gasteiger partial charge in [-0.1, -0.05) is 84.4 Å². The predicted octanol–water partition coefficient (Wildman–Crippen LogP) is 6.43. The number of amides is 1. The van der Waals surface area contributed by atoms with Crippen LogP contribution in [0.5, 0.6) is 0 Å². The highest BCUT2D eigenvalue weighted by Gasteiger charge is 2.41. The van der Waals surface area contributed by atoms with Crippen LogP contribution >= 0.6 is 11.6 Å². The number of carbonyl (C=O) groups excluding carboxylic acids is 1. The van der Waals surface area contributed by atoms with Crippen molar-refractivity contribution in [3.63, 3.8) is 0 Å². The highest BCUT2D eigenvalue weighted by molar-refractivity contribution is 6.30. The van der Waals surface area contributed by atoms with Crippen LogP contribution in [0.2, 0.25) is 5.02 Å². The lowest BCUT2D eigenvalue weighted by atomic mass is 9.72. The van der Waals surface area contributed by atoms with Crippen molar-refractivity contribution in [3.8, 4) is 0 Å². The second kappa shape index (κ2) is 11.8. The first kappa shape index (κ1) is 26.0. The van der Waals surface area contributed by atoms with Crippen LogP contribution in [0.1, 0.15) is 61.3 Å².